The second-order valence-corrected chi connectivity index (χ2v) is 6.32. The number of amides is 2. The van der Waals surface area contributed by atoms with E-state index in [2.05, 4.69) is 35.1 Å². The minimum atomic E-state index is -0.238. The highest BCUT2D eigenvalue weighted by atomic mass is 16.2. The van der Waals surface area contributed by atoms with Gasteiger partial charge < -0.3 is 15.2 Å². The summed E-state index contributed by atoms with van der Waals surface area (Å²) in [6, 6.07) is 11.7. The summed E-state index contributed by atoms with van der Waals surface area (Å²) in [6.07, 6.45) is 2.49. The molecule has 1 aromatic carbocycles. The molecule has 0 radical (unpaired) electrons. The van der Waals surface area contributed by atoms with Gasteiger partial charge in [-0.05, 0) is 50.5 Å². The number of nitrogens with zero attached hydrogens (tertiary/aromatic N) is 1. The van der Waals surface area contributed by atoms with Crippen LogP contribution in [-0.4, -0.2) is 22.9 Å². The first-order chi connectivity index (χ1) is 11.6. The average molecular weight is 325 g/mol. The Bertz CT molecular complexity index is 745. The van der Waals surface area contributed by atoms with Crippen molar-refractivity contribution in [3.8, 4) is 0 Å². The van der Waals surface area contributed by atoms with Gasteiger partial charge in [0.15, 0.2) is 0 Å². The van der Waals surface area contributed by atoms with E-state index in [1.165, 1.54) is 24.2 Å². The van der Waals surface area contributed by atoms with E-state index in [9.17, 15) is 9.59 Å². The summed E-state index contributed by atoms with van der Waals surface area (Å²) in [4.78, 5) is 23.9. The molecule has 0 spiro atoms. The first kappa shape index (κ1) is 16.3. The zero-order valence-electron chi connectivity index (χ0n) is 14.1. The third-order valence-electron chi connectivity index (χ3n) is 4.42. The third-order valence-corrected chi connectivity index (χ3v) is 4.42. The Morgan fingerprint density at radius 3 is 2.50 bits per heavy atom. The van der Waals surface area contributed by atoms with Crippen molar-refractivity contribution < 1.29 is 9.59 Å². The lowest BCUT2D eigenvalue weighted by molar-refractivity contribution is -0.120. The molecule has 1 fully saturated rings. The Kier molecular flexibility index (Phi) is 4.69. The predicted octanol–water partition coefficient (Wildman–Crippen LogP) is 2.49. The van der Waals surface area contributed by atoms with Gasteiger partial charge >= 0.3 is 0 Å². The second-order valence-electron chi connectivity index (χ2n) is 6.32. The van der Waals surface area contributed by atoms with E-state index in [4.69, 9.17) is 0 Å². The standard InChI is InChI=1S/C19H23N3O2/c1-13-10-16(14(2)22(13)17-8-9-17)11-20-18(23)12-21-19(24)15-6-4-3-5-7-15/h3-7,10,17H,8-9,11-12H2,1-2H3,(H,20,23)(H,21,24). The number of aromatic nitrogens is 1. The van der Waals surface area contributed by atoms with Gasteiger partial charge in [0.05, 0.1) is 6.54 Å². The fraction of sp³-hybridized carbons (Fsp3) is 0.368. The van der Waals surface area contributed by atoms with Gasteiger partial charge in [-0.2, -0.15) is 0 Å². The smallest absolute Gasteiger partial charge is 0.251 e. The van der Waals surface area contributed by atoms with Gasteiger partial charge in [0.1, 0.15) is 0 Å². The highest BCUT2D eigenvalue weighted by molar-refractivity contribution is 5.96. The Hall–Kier alpha value is -2.56. The molecule has 2 amide bonds. The molecule has 0 atom stereocenters. The van der Waals surface area contributed by atoms with E-state index in [1.54, 1.807) is 24.3 Å². The van der Waals surface area contributed by atoms with Crippen molar-refractivity contribution >= 4 is 11.8 Å². The van der Waals surface area contributed by atoms with Crippen molar-refractivity contribution in [3.05, 3.63) is 58.9 Å². The lowest BCUT2D eigenvalue weighted by Gasteiger charge is -2.09. The van der Waals surface area contributed by atoms with Crippen LogP contribution in [0.5, 0.6) is 0 Å². The van der Waals surface area contributed by atoms with Crippen LogP contribution in [0.3, 0.4) is 0 Å². The van der Waals surface area contributed by atoms with Gasteiger partial charge in [-0.3, -0.25) is 9.59 Å². The molecule has 2 N–H and O–H groups in total. The number of benzene rings is 1. The highest BCUT2D eigenvalue weighted by Crippen LogP contribution is 2.38. The van der Waals surface area contributed by atoms with E-state index < -0.39 is 0 Å². The minimum Gasteiger partial charge on any atom is -0.350 e. The molecule has 1 aliphatic carbocycles. The summed E-state index contributed by atoms with van der Waals surface area (Å²) < 4.78 is 2.36. The van der Waals surface area contributed by atoms with E-state index >= 15 is 0 Å². The van der Waals surface area contributed by atoms with E-state index in [0.717, 1.165) is 5.56 Å². The lowest BCUT2D eigenvalue weighted by atomic mass is 10.2. The normalized spacial score (nSPS) is 13.6. The molecule has 24 heavy (non-hydrogen) atoms. The molecule has 1 heterocycles. The number of hydrogen-bond donors (Lipinski definition) is 2. The third kappa shape index (κ3) is 3.67. The van der Waals surface area contributed by atoms with Gasteiger partial charge in [0.2, 0.25) is 5.91 Å². The van der Waals surface area contributed by atoms with Crippen molar-refractivity contribution in [2.75, 3.05) is 6.54 Å². The van der Waals surface area contributed by atoms with Crippen LogP contribution in [-0.2, 0) is 11.3 Å². The largest absolute Gasteiger partial charge is 0.350 e. The van der Waals surface area contributed by atoms with Crippen LogP contribution in [0.2, 0.25) is 0 Å². The number of hydrogen-bond acceptors (Lipinski definition) is 2. The first-order valence-electron chi connectivity index (χ1n) is 8.33. The fourth-order valence-corrected chi connectivity index (χ4v) is 3.03. The fourth-order valence-electron chi connectivity index (χ4n) is 3.03. The molecule has 1 aromatic heterocycles. The zero-order valence-corrected chi connectivity index (χ0v) is 14.1. The van der Waals surface area contributed by atoms with Crippen molar-refractivity contribution in [3.63, 3.8) is 0 Å². The monoisotopic (exact) mass is 325 g/mol. The number of aryl methyl sites for hydroxylation is 1. The Morgan fingerprint density at radius 2 is 1.83 bits per heavy atom. The molecule has 0 saturated heterocycles. The maximum absolute atomic E-state index is 12.0. The second kappa shape index (κ2) is 6.91. The van der Waals surface area contributed by atoms with Crippen molar-refractivity contribution in [2.24, 2.45) is 0 Å². The molecule has 126 valence electrons. The molecule has 0 aliphatic heterocycles. The molecule has 5 nitrogen and oxygen atoms in total. The summed E-state index contributed by atoms with van der Waals surface area (Å²) in [5.41, 5.74) is 4.17. The molecule has 1 saturated carbocycles. The number of nitrogens with one attached hydrogen (secondary N) is 2. The Balaban J connectivity index is 1.49. The van der Waals surface area contributed by atoms with Crippen molar-refractivity contribution in [2.45, 2.75) is 39.3 Å². The minimum absolute atomic E-state index is 0.0188. The highest BCUT2D eigenvalue weighted by Gasteiger charge is 2.26. The number of carbonyl (C=O) groups excluding carboxylic acids is 2. The molecule has 0 bridgehead atoms. The molecule has 3 rings (SSSR count). The van der Waals surface area contributed by atoms with Crippen LogP contribution in [0.4, 0.5) is 0 Å². The summed E-state index contributed by atoms with van der Waals surface area (Å²) in [6.45, 7) is 4.68. The van der Waals surface area contributed by atoms with Gasteiger partial charge in [-0.25, -0.2) is 0 Å². The predicted molar refractivity (Wildman–Crippen MR) is 92.8 cm³/mol. The van der Waals surface area contributed by atoms with E-state index in [1.807, 2.05) is 6.07 Å². The average Bonchev–Trinajstić information content (AvgIpc) is 3.37. The van der Waals surface area contributed by atoms with E-state index in [-0.39, 0.29) is 18.4 Å². The van der Waals surface area contributed by atoms with Gasteiger partial charge in [0.25, 0.3) is 5.91 Å². The summed E-state index contributed by atoms with van der Waals surface area (Å²) in [7, 11) is 0. The zero-order chi connectivity index (χ0) is 17.1. The molecule has 2 aromatic rings. The summed E-state index contributed by atoms with van der Waals surface area (Å²) in [5.74, 6) is -0.423. The number of rotatable bonds is 6. The first-order valence-corrected chi connectivity index (χ1v) is 8.33. The Morgan fingerprint density at radius 1 is 1.12 bits per heavy atom. The van der Waals surface area contributed by atoms with Gasteiger partial charge in [-0.15, -0.1) is 0 Å². The summed E-state index contributed by atoms with van der Waals surface area (Å²) >= 11 is 0. The van der Waals surface area contributed by atoms with Gasteiger partial charge in [-0.1, -0.05) is 18.2 Å². The van der Waals surface area contributed by atoms with Crippen molar-refractivity contribution in [1.29, 1.82) is 0 Å². The SMILES string of the molecule is Cc1cc(CNC(=O)CNC(=O)c2ccccc2)c(C)n1C1CC1. The van der Waals surface area contributed by atoms with Crippen LogP contribution in [0.1, 0.15) is 46.2 Å². The van der Waals surface area contributed by atoms with E-state index in [0.29, 0.717) is 18.2 Å². The molecule has 5 heteroatoms. The van der Waals surface area contributed by atoms with Crippen LogP contribution in [0.15, 0.2) is 36.4 Å². The summed E-state index contributed by atoms with van der Waals surface area (Å²) in [5, 5.41) is 5.52. The topological polar surface area (TPSA) is 63.1 Å². The molecule has 1 aliphatic rings. The lowest BCUT2D eigenvalue weighted by Crippen LogP contribution is -2.36. The van der Waals surface area contributed by atoms with Crippen LogP contribution in [0.25, 0.3) is 0 Å². The Labute approximate surface area is 142 Å². The maximum atomic E-state index is 12.0. The van der Waals surface area contributed by atoms with Gasteiger partial charge in [0, 0.05) is 29.5 Å². The quantitative estimate of drug-likeness (QED) is 0.857. The molecular formula is C19H23N3O2. The molecular weight excluding hydrogens is 302 g/mol. The van der Waals surface area contributed by atoms with Crippen LogP contribution < -0.4 is 10.6 Å². The van der Waals surface area contributed by atoms with Crippen molar-refractivity contribution in [1.82, 2.24) is 15.2 Å². The molecule has 0 unspecified atom stereocenters. The van der Waals surface area contributed by atoms with Crippen LogP contribution >= 0.6 is 0 Å². The number of carbonyl (C=O) groups is 2. The van der Waals surface area contributed by atoms with Crippen LogP contribution in [0, 0.1) is 13.8 Å². The maximum Gasteiger partial charge on any atom is 0.251 e.